The van der Waals surface area contributed by atoms with Gasteiger partial charge in [0.05, 0.1) is 4.90 Å². The summed E-state index contributed by atoms with van der Waals surface area (Å²) in [5.41, 5.74) is 8.85. The summed E-state index contributed by atoms with van der Waals surface area (Å²) in [6, 6.07) is 13.8. The van der Waals surface area contributed by atoms with Crippen LogP contribution in [0.4, 0.5) is 5.69 Å². The highest BCUT2D eigenvalue weighted by atomic mass is 32.2. The molecule has 1 heterocycles. The van der Waals surface area contributed by atoms with Crippen molar-refractivity contribution in [2.75, 3.05) is 5.73 Å². The van der Waals surface area contributed by atoms with Crippen molar-refractivity contribution in [3.63, 3.8) is 0 Å². The maximum atomic E-state index is 12.1. The van der Waals surface area contributed by atoms with Gasteiger partial charge in [0.1, 0.15) is 0 Å². The van der Waals surface area contributed by atoms with Crippen molar-refractivity contribution in [3.05, 3.63) is 60.3 Å². The predicted octanol–water partition coefficient (Wildman–Crippen LogP) is 3.75. The van der Waals surface area contributed by atoms with Crippen LogP contribution in [0.5, 0.6) is 0 Å². The second-order valence-electron chi connectivity index (χ2n) is 6.87. The van der Waals surface area contributed by atoms with E-state index in [4.69, 9.17) is 5.73 Å². The summed E-state index contributed by atoms with van der Waals surface area (Å²) >= 11 is 0. The number of nitrogens with two attached hydrogens (primary N) is 1. The lowest BCUT2D eigenvalue weighted by atomic mass is 10.0. The molecule has 0 atom stereocenters. The Labute approximate surface area is 165 Å². The Balaban J connectivity index is 1.37. The van der Waals surface area contributed by atoms with E-state index < -0.39 is 15.9 Å². The lowest BCUT2D eigenvalue weighted by Crippen LogP contribution is -2.30. The predicted molar refractivity (Wildman–Crippen MR) is 111 cm³/mol. The maximum Gasteiger partial charge on any atom is 0.264 e. The largest absolute Gasteiger partial charge is 0.399 e. The number of carbonyl (C=O) groups is 1. The van der Waals surface area contributed by atoms with Crippen LogP contribution in [0.15, 0.2) is 59.6 Å². The van der Waals surface area contributed by atoms with Gasteiger partial charge >= 0.3 is 0 Å². The SMILES string of the molecule is Nc1ccc2c(CCCCCCC(=O)NS(=O)(=O)c3ccccc3)c[nH]c2c1. The van der Waals surface area contributed by atoms with E-state index in [9.17, 15) is 13.2 Å². The molecule has 1 aromatic heterocycles. The molecule has 0 aliphatic carbocycles. The number of hydrogen-bond acceptors (Lipinski definition) is 4. The topological polar surface area (TPSA) is 105 Å². The van der Waals surface area contributed by atoms with E-state index in [2.05, 4.69) is 9.71 Å². The Morgan fingerprint density at radius 3 is 2.54 bits per heavy atom. The molecule has 6 nitrogen and oxygen atoms in total. The van der Waals surface area contributed by atoms with Crippen LogP contribution in [0.3, 0.4) is 0 Å². The molecule has 4 N–H and O–H groups in total. The third-order valence-corrected chi connectivity index (χ3v) is 6.08. The van der Waals surface area contributed by atoms with Crippen LogP contribution in [0.25, 0.3) is 10.9 Å². The third kappa shape index (κ3) is 5.13. The molecular formula is C21H25N3O3S. The van der Waals surface area contributed by atoms with Crippen molar-refractivity contribution < 1.29 is 13.2 Å². The number of nitrogens with one attached hydrogen (secondary N) is 2. The van der Waals surface area contributed by atoms with E-state index in [0.29, 0.717) is 6.42 Å². The first-order valence-electron chi connectivity index (χ1n) is 9.42. The number of sulfonamides is 1. The standard InChI is InChI=1S/C21H25N3O3S/c22-17-12-13-19-16(15-23-20(19)14-17)8-4-1-2-7-11-21(25)24-28(26,27)18-9-5-3-6-10-18/h3,5-6,9-10,12-15,23H,1-2,4,7-8,11,22H2,(H,24,25). The van der Waals surface area contributed by atoms with Gasteiger partial charge in [0.15, 0.2) is 0 Å². The fraction of sp³-hybridized carbons (Fsp3) is 0.286. The zero-order chi connectivity index (χ0) is 20.0. The number of unbranched alkanes of at least 4 members (excludes halogenated alkanes) is 3. The number of benzene rings is 2. The second-order valence-corrected chi connectivity index (χ2v) is 8.56. The molecule has 0 saturated carbocycles. The van der Waals surface area contributed by atoms with Gasteiger partial charge in [-0.1, -0.05) is 37.1 Å². The Hall–Kier alpha value is -2.80. The summed E-state index contributed by atoms with van der Waals surface area (Å²) in [6.45, 7) is 0. The quantitative estimate of drug-likeness (QED) is 0.376. The van der Waals surface area contributed by atoms with Crippen LogP contribution in [0.1, 0.15) is 37.7 Å². The van der Waals surface area contributed by atoms with Crippen molar-refractivity contribution in [3.8, 4) is 0 Å². The van der Waals surface area contributed by atoms with Crippen LogP contribution in [-0.2, 0) is 21.2 Å². The number of amides is 1. The molecule has 2 aromatic carbocycles. The number of nitrogen functional groups attached to an aromatic ring is 1. The number of aryl methyl sites for hydroxylation is 1. The number of fused-ring (bicyclic) bond motifs is 1. The van der Waals surface area contributed by atoms with Gasteiger partial charge < -0.3 is 10.7 Å². The molecule has 0 fully saturated rings. The summed E-state index contributed by atoms with van der Waals surface area (Å²) in [5.74, 6) is -0.460. The first-order valence-corrected chi connectivity index (χ1v) is 10.9. The van der Waals surface area contributed by atoms with E-state index in [0.717, 1.165) is 36.9 Å². The zero-order valence-corrected chi connectivity index (χ0v) is 16.5. The van der Waals surface area contributed by atoms with Crippen LogP contribution < -0.4 is 10.5 Å². The summed E-state index contributed by atoms with van der Waals surface area (Å²) in [7, 11) is -3.77. The van der Waals surface area contributed by atoms with Gasteiger partial charge in [-0.25, -0.2) is 13.1 Å². The number of rotatable bonds is 9. The molecule has 0 spiro atoms. The molecule has 7 heteroatoms. The molecule has 0 aliphatic heterocycles. The average molecular weight is 400 g/mol. The molecule has 3 rings (SSSR count). The summed E-state index contributed by atoms with van der Waals surface area (Å²) < 4.78 is 26.3. The van der Waals surface area contributed by atoms with Crippen LogP contribution in [0.2, 0.25) is 0 Å². The molecule has 0 saturated heterocycles. The maximum absolute atomic E-state index is 12.1. The normalized spacial score (nSPS) is 11.6. The van der Waals surface area contributed by atoms with Gasteiger partial charge in [-0.15, -0.1) is 0 Å². The molecule has 1 amide bonds. The highest BCUT2D eigenvalue weighted by Crippen LogP contribution is 2.22. The fourth-order valence-corrected chi connectivity index (χ4v) is 4.26. The van der Waals surface area contributed by atoms with Crippen LogP contribution >= 0.6 is 0 Å². The smallest absolute Gasteiger partial charge is 0.264 e. The molecule has 3 aromatic rings. The minimum absolute atomic E-state index is 0.101. The second kappa shape index (κ2) is 8.93. The summed E-state index contributed by atoms with van der Waals surface area (Å²) in [6.07, 6.45) is 6.74. The molecule has 148 valence electrons. The minimum Gasteiger partial charge on any atom is -0.399 e. The van der Waals surface area contributed by atoms with Gasteiger partial charge in [-0.05, 0) is 49.1 Å². The van der Waals surface area contributed by atoms with Crippen molar-refractivity contribution >= 4 is 32.5 Å². The number of aromatic amines is 1. The Bertz CT molecular complexity index is 1040. The molecule has 0 unspecified atom stereocenters. The van der Waals surface area contributed by atoms with E-state index in [1.54, 1.807) is 18.2 Å². The van der Waals surface area contributed by atoms with Crippen LogP contribution in [-0.4, -0.2) is 19.3 Å². The van der Waals surface area contributed by atoms with Crippen molar-refractivity contribution in [2.45, 2.75) is 43.4 Å². The number of H-pyrrole nitrogens is 1. The lowest BCUT2D eigenvalue weighted by Gasteiger charge is -2.07. The number of aromatic nitrogens is 1. The van der Waals surface area contributed by atoms with Gasteiger partial charge in [0, 0.05) is 29.2 Å². The van der Waals surface area contributed by atoms with E-state index in [1.807, 2.05) is 24.4 Å². The monoisotopic (exact) mass is 399 g/mol. The molecule has 0 aliphatic rings. The lowest BCUT2D eigenvalue weighted by molar-refractivity contribution is -0.119. The van der Waals surface area contributed by atoms with Gasteiger partial charge in [-0.2, -0.15) is 0 Å². The number of anilines is 1. The minimum atomic E-state index is -3.77. The Morgan fingerprint density at radius 1 is 1.00 bits per heavy atom. The Morgan fingerprint density at radius 2 is 1.75 bits per heavy atom. The highest BCUT2D eigenvalue weighted by Gasteiger charge is 2.16. The fourth-order valence-electron chi connectivity index (χ4n) is 3.22. The van der Waals surface area contributed by atoms with Crippen molar-refractivity contribution in [1.82, 2.24) is 9.71 Å². The van der Waals surface area contributed by atoms with E-state index in [-0.39, 0.29) is 11.3 Å². The summed E-state index contributed by atoms with van der Waals surface area (Å²) in [4.78, 5) is 15.3. The van der Waals surface area contributed by atoms with Crippen LogP contribution in [0, 0.1) is 0 Å². The van der Waals surface area contributed by atoms with Gasteiger partial charge in [0.2, 0.25) is 5.91 Å². The summed E-state index contributed by atoms with van der Waals surface area (Å²) in [5, 5.41) is 1.19. The molecule has 0 radical (unpaired) electrons. The number of carbonyl (C=O) groups excluding carboxylic acids is 1. The van der Waals surface area contributed by atoms with Gasteiger partial charge in [0.25, 0.3) is 10.0 Å². The van der Waals surface area contributed by atoms with E-state index >= 15 is 0 Å². The van der Waals surface area contributed by atoms with Crippen molar-refractivity contribution in [2.24, 2.45) is 0 Å². The number of hydrogen-bond donors (Lipinski definition) is 3. The third-order valence-electron chi connectivity index (χ3n) is 4.69. The first-order chi connectivity index (χ1) is 13.5. The van der Waals surface area contributed by atoms with E-state index in [1.165, 1.54) is 23.1 Å². The molecule has 0 bridgehead atoms. The van der Waals surface area contributed by atoms with Gasteiger partial charge in [-0.3, -0.25) is 4.79 Å². The highest BCUT2D eigenvalue weighted by molar-refractivity contribution is 7.90. The average Bonchev–Trinajstić information content (AvgIpc) is 3.07. The zero-order valence-electron chi connectivity index (χ0n) is 15.6. The first kappa shape index (κ1) is 19.9. The molecular weight excluding hydrogens is 374 g/mol. The molecule has 28 heavy (non-hydrogen) atoms. The van der Waals surface area contributed by atoms with Crippen molar-refractivity contribution in [1.29, 1.82) is 0 Å². The Kier molecular flexibility index (Phi) is 6.36.